The number of aromatic nitrogens is 1. The van der Waals surface area contributed by atoms with Gasteiger partial charge >= 0.3 is 0 Å². The molecule has 4 rings (SSSR count). The number of amides is 2. The monoisotopic (exact) mass is 385 g/mol. The molecule has 0 unspecified atom stereocenters. The Kier molecular flexibility index (Phi) is 5.37. The van der Waals surface area contributed by atoms with E-state index < -0.39 is 12.3 Å². The van der Waals surface area contributed by atoms with E-state index >= 15 is 0 Å². The molecule has 0 saturated carbocycles. The first-order chi connectivity index (χ1) is 13.5. The van der Waals surface area contributed by atoms with Crippen LogP contribution in [0.5, 0.6) is 0 Å². The highest BCUT2D eigenvalue weighted by Gasteiger charge is 2.36. The van der Waals surface area contributed by atoms with E-state index in [9.17, 15) is 9.59 Å². The Hall–Kier alpha value is -2.38. The van der Waals surface area contributed by atoms with Gasteiger partial charge in [-0.1, -0.05) is 18.2 Å². The van der Waals surface area contributed by atoms with Crippen molar-refractivity contribution >= 4 is 22.7 Å². The second-order valence-electron chi connectivity index (χ2n) is 7.51. The molecule has 150 valence electrons. The predicted octanol–water partition coefficient (Wildman–Crippen LogP) is 1.89. The normalized spacial score (nSPS) is 20.2. The zero-order valence-electron chi connectivity index (χ0n) is 16.5. The number of ether oxygens (including phenoxy) is 2. The first-order valence-electron chi connectivity index (χ1n) is 9.87. The SMILES string of the molecule is CC(=O)N1CCC[C@H]1C(=O)N(Cc1cc2ccccc2n1C)CC1OCCO1. The second kappa shape index (κ2) is 7.93. The fraction of sp³-hybridized carbons (Fsp3) is 0.524. The van der Waals surface area contributed by atoms with Gasteiger partial charge in [-0.15, -0.1) is 0 Å². The van der Waals surface area contributed by atoms with Crippen molar-refractivity contribution in [2.24, 2.45) is 7.05 Å². The summed E-state index contributed by atoms with van der Waals surface area (Å²) in [5.74, 6) is -0.0779. The molecule has 1 aromatic carbocycles. The van der Waals surface area contributed by atoms with E-state index in [-0.39, 0.29) is 11.8 Å². The predicted molar refractivity (Wildman–Crippen MR) is 104 cm³/mol. The molecular formula is C21H27N3O4. The molecule has 7 nitrogen and oxygen atoms in total. The highest BCUT2D eigenvalue weighted by Crippen LogP contribution is 2.24. The molecule has 28 heavy (non-hydrogen) atoms. The number of benzene rings is 1. The van der Waals surface area contributed by atoms with Crippen LogP contribution in [0.2, 0.25) is 0 Å². The molecule has 2 aromatic rings. The Morgan fingerprint density at radius 1 is 1.21 bits per heavy atom. The van der Waals surface area contributed by atoms with E-state index in [2.05, 4.69) is 22.8 Å². The van der Waals surface area contributed by atoms with Crippen molar-refractivity contribution < 1.29 is 19.1 Å². The molecule has 0 spiro atoms. The van der Waals surface area contributed by atoms with E-state index in [0.717, 1.165) is 23.0 Å². The lowest BCUT2D eigenvalue weighted by Crippen LogP contribution is -2.49. The molecule has 0 radical (unpaired) electrons. The van der Waals surface area contributed by atoms with E-state index in [1.165, 1.54) is 6.92 Å². The number of nitrogens with zero attached hydrogens (tertiary/aromatic N) is 3. The van der Waals surface area contributed by atoms with Crippen LogP contribution in [0.4, 0.5) is 0 Å². The van der Waals surface area contributed by atoms with Crippen LogP contribution in [0.3, 0.4) is 0 Å². The Labute approximate surface area is 164 Å². The average Bonchev–Trinajstić information content (AvgIpc) is 3.42. The molecule has 0 N–H and O–H groups in total. The molecule has 7 heteroatoms. The molecule has 0 bridgehead atoms. The lowest BCUT2D eigenvalue weighted by atomic mass is 10.1. The van der Waals surface area contributed by atoms with Gasteiger partial charge in [-0.2, -0.15) is 0 Å². The summed E-state index contributed by atoms with van der Waals surface area (Å²) >= 11 is 0. The van der Waals surface area contributed by atoms with Gasteiger partial charge in [0, 0.05) is 31.7 Å². The molecule has 2 aliphatic heterocycles. The Bertz CT molecular complexity index is 872. The first kappa shape index (κ1) is 19.0. The van der Waals surface area contributed by atoms with Crippen LogP contribution in [0.25, 0.3) is 10.9 Å². The van der Waals surface area contributed by atoms with Gasteiger partial charge in [-0.25, -0.2) is 0 Å². The van der Waals surface area contributed by atoms with Gasteiger partial charge in [-0.05, 0) is 30.4 Å². The topological polar surface area (TPSA) is 64.0 Å². The van der Waals surface area contributed by atoms with Gasteiger partial charge in [0.2, 0.25) is 11.8 Å². The lowest BCUT2D eigenvalue weighted by Gasteiger charge is -2.31. The Morgan fingerprint density at radius 3 is 2.68 bits per heavy atom. The van der Waals surface area contributed by atoms with Crippen LogP contribution < -0.4 is 0 Å². The summed E-state index contributed by atoms with van der Waals surface area (Å²) in [6.07, 6.45) is 1.15. The molecule has 2 amide bonds. The minimum absolute atomic E-state index is 0.0305. The summed E-state index contributed by atoms with van der Waals surface area (Å²) in [5, 5.41) is 1.15. The molecule has 2 fully saturated rings. The molecule has 2 saturated heterocycles. The standard InChI is InChI=1S/C21H27N3O4/c1-15(25)24-9-5-8-19(24)21(26)23(14-20-27-10-11-28-20)13-17-12-16-6-3-4-7-18(16)22(17)2/h3-4,6-7,12,19-20H,5,8-11,13-14H2,1-2H3/t19-/m0/s1. The van der Waals surface area contributed by atoms with E-state index in [4.69, 9.17) is 9.47 Å². The number of para-hydroxylation sites is 1. The summed E-state index contributed by atoms with van der Waals surface area (Å²) in [5.41, 5.74) is 2.17. The van der Waals surface area contributed by atoms with Gasteiger partial charge in [0.15, 0.2) is 6.29 Å². The van der Waals surface area contributed by atoms with Gasteiger partial charge < -0.3 is 23.8 Å². The molecule has 2 aliphatic rings. The van der Waals surface area contributed by atoms with Crippen LogP contribution in [0.1, 0.15) is 25.5 Å². The average molecular weight is 385 g/mol. The van der Waals surface area contributed by atoms with Crippen molar-refractivity contribution in [3.63, 3.8) is 0 Å². The zero-order valence-corrected chi connectivity index (χ0v) is 16.5. The number of fused-ring (bicyclic) bond motifs is 1. The maximum absolute atomic E-state index is 13.4. The highest BCUT2D eigenvalue weighted by molar-refractivity contribution is 5.88. The van der Waals surface area contributed by atoms with E-state index in [0.29, 0.717) is 39.3 Å². The number of rotatable bonds is 5. The Morgan fingerprint density at radius 2 is 1.96 bits per heavy atom. The van der Waals surface area contributed by atoms with Crippen molar-refractivity contribution in [2.45, 2.75) is 38.6 Å². The first-order valence-corrected chi connectivity index (χ1v) is 9.87. The van der Waals surface area contributed by atoms with Crippen LogP contribution in [-0.2, 0) is 32.7 Å². The van der Waals surface area contributed by atoms with Gasteiger partial charge in [0.1, 0.15) is 6.04 Å². The highest BCUT2D eigenvalue weighted by atomic mass is 16.7. The van der Waals surface area contributed by atoms with Crippen molar-refractivity contribution in [1.82, 2.24) is 14.4 Å². The fourth-order valence-electron chi connectivity index (χ4n) is 4.23. The quantitative estimate of drug-likeness (QED) is 0.789. The van der Waals surface area contributed by atoms with Crippen molar-refractivity contribution in [3.05, 3.63) is 36.0 Å². The third kappa shape index (κ3) is 3.64. The third-order valence-electron chi connectivity index (χ3n) is 5.72. The number of hydrogen-bond acceptors (Lipinski definition) is 4. The molecule has 1 atom stereocenters. The fourth-order valence-corrected chi connectivity index (χ4v) is 4.23. The number of aryl methyl sites for hydroxylation is 1. The van der Waals surface area contributed by atoms with Gasteiger partial charge in [0.05, 0.1) is 26.3 Å². The number of likely N-dealkylation sites (tertiary alicyclic amines) is 1. The number of carbonyl (C=O) groups excluding carboxylic acids is 2. The van der Waals surface area contributed by atoms with Crippen LogP contribution in [0.15, 0.2) is 30.3 Å². The van der Waals surface area contributed by atoms with Crippen LogP contribution >= 0.6 is 0 Å². The van der Waals surface area contributed by atoms with Crippen molar-refractivity contribution in [2.75, 3.05) is 26.3 Å². The van der Waals surface area contributed by atoms with E-state index in [1.807, 2.05) is 19.2 Å². The Balaban J connectivity index is 1.60. The minimum Gasteiger partial charge on any atom is -0.348 e. The molecular weight excluding hydrogens is 358 g/mol. The lowest BCUT2D eigenvalue weighted by molar-refractivity contribution is -0.147. The summed E-state index contributed by atoms with van der Waals surface area (Å²) in [4.78, 5) is 28.8. The smallest absolute Gasteiger partial charge is 0.245 e. The zero-order chi connectivity index (χ0) is 19.7. The largest absolute Gasteiger partial charge is 0.348 e. The maximum Gasteiger partial charge on any atom is 0.245 e. The minimum atomic E-state index is -0.411. The molecule has 3 heterocycles. The summed E-state index contributed by atoms with van der Waals surface area (Å²) in [6, 6.07) is 9.89. The summed E-state index contributed by atoms with van der Waals surface area (Å²) in [7, 11) is 2.01. The van der Waals surface area contributed by atoms with Gasteiger partial charge in [-0.3, -0.25) is 9.59 Å². The van der Waals surface area contributed by atoms with Gasteiger partial charge in [0.25, 0.3) is 0 Å². The second-order valence-corrected chi connectivity index (χ2v) is 7.51. The van der Waals surface area contributed by atoms with E-state index in [1.54, 1.807) is 9.80 Å². The van der Waals surface area contributed by atoms with Crippen molar-refractivity contribution in [1.29, 1.82) is 0 Å². The van der Waals surface area contributed by atoms with Crippen LogP contribution in [-0.4, -0.2) is 64.8 Å². The van der Waals surface area contributed by atoms with Crippen molar-refractivity contribution in [3.8, 4) is 0 Å². The molecule has 1 aromatic heterocycles. The van der Waals surface area contributed by atoms with Crippen LogP contribution in [0, 0.1) is 0 Å². The summed E-state index contributed by atoms with van der Waals surface area (Å²) < 4.78 is 13.3. The number of carbonyl (C=O) groups is 2. The summed E-state index contributed by atoms with van der Waals surface area (Å²) in [6.45, 7) is 4.08. The maximum atomic E-state index is 13.4. The third-order valence-corrected chi connectivity index (χ3v) is 5.72. The number of hydrogen-bond donors (Lipinski definition) is 0. The molecule has 0 aliphatic carbocycles.